The maximum absolute atomic E-state index is 12.2. The van der Waals surface area contributed by atoms with Crippen LogP contribution in [0.2, 0.25) is 0 Å². The zero-order valence-corrected chi connectivity index (χ0v) is 7.58. The Morgan fingerprint density at radius 3 is 2.62 bits per heavy atom. The number of ether oxygens (including phenoxy) is 1. The molecule has 0 saturated heterocycles. The zero-order valence-electron chi connectivity index (χ0n) is 7.58. The van der Waals surface area contributed by atoms with Crippen molar-refractivity contribution in [1.29, 1.82) is 5.26 Å². The summed E-state index contributed by atoms with van der Waals surface area (Å²) < 4.78 is 41.0. The van der Waals surface area contributed by atoms with Crippen molar-refractivity contribution in [2.45, 2.75) is 6.18 Å². The van der Waals surface area contributed by atoms with E-state index in [9.17, 15) is 18.0 Å². The van der Waals surface area contributed by atoms with Gasteiger partial charge in [0.1, 0.15) is 6.07 Å². The van der Waals surface area contributed by atoms with Crippen molar-refractivity contribution in [3.8, 4) is 11.8 Å². The Labute approximate surface area is 87.3 Å². The summed E-state index contributed by atoms with van der Waals surface area (Å²) in [5, 5.41) is 8.50. The van der Waals surface area contributed by atoms with Crippen LogP contribution in [0.4, 0.5) is 18.0 Å². The fourth-order valence-electron chi connectivity index (χ4n) is 0.870. The quantitative estimate of drug-likeness (QED) is 0.791. The van der Waals surface area contributed by atoms with E-state index in [1.807, 2.05) is 0 Å². The Bertz CT molecular complexity index is 465. The first-order valence-electron chi connectivity index (χ1n) is 3.79. The Morgan fingerprint density at radius 2 is 2.19 bits per heavy atom. The van der Waals surface area contributed by atoms with Crippen LogP contribution in [0.5, 0.6) is 5.75 Å². The molecular weight excluding hydrogens is 227 g/mol. The molecule has 0 unspecified atom stereocenters. The average molecular weight is 231 g/mol. The number of hydrogen-bond acceptors (Lipinski definition) is 4. The highest BCUT2D eigenvalue weighted by molar-refractivity contribution is 5.69. The van der Waals surface area contributed by atoms with E-state index >= 15 is 0 Å². The Hall–Kier alpha value is -2.30. The number of amides is 1. The molecule has 0 spiro atoms. The highest BCUT2D eigenvalue weighted by Gasteiger charge is 2.32. The summed E-state index contributed by atoms with van der Waals surface area (Å²) in [6.07, 6.45) is -5.50. The topological polar surface area (TPSA) is 89.0 Å². The Balaban J connectivity index is 3.23. The van der Waals surface area contributed by atoms with Crippen molar-refractivity contribution >= 4 is 6.09 Å². The van der Waals surface area contributed by atoms with Crippen LogP contribution in [0.3, 0.4) is 0 Å². The van der Waals surface area contributed by atoms with Crippen LogP contribution in [-0.4, -0.2) is 11.1 Å². The van der Waals surface area contributed by atoms with Gasteiger partial charge in [-0.1, -0.05) is 0 Å². The van der Waals surface area contributed by atoms with Crippen LogP contribution < -0.4 is 10.5 Å². The molecule has 1 amide bonds. The summed E-state index contributed by atoms with van der Waals surface area (Å²) in [6.45, 7) is 0. The molecule has 0 aromatic carbocycles. The largest absolute Gasteiger partial charge is 0.418 e. The van der Waals surface area contributed by atoms with Gasteiger partial charge in [0, 0.05) is 6.20 Å². The van der Waals surface area contributed by atoms with Gasteiger partial charge in [-0.3, -0.25) is 0 Å². The predicted octanol–water partition coefficient (Wildman–Crippen LogP) is 1.43. The lowest BCUT2D eigenvalue weighted by Crippen LogP contribution is -2.18. The van der Waals surface area contributed by atoms with E-state index in [0.717, 1.165) is 0 Å². The Morgan fingerprint density at radius 1 is 1.56 bits per heavy atom. The molecule has 0 aliphatic carbocycles. The number of hydrogen-bond donors (Lipinski definition) is 1. The number of nitrogens with two attached hydrogens (primary N) is 1. The molecule has 1 aromatic heterocycles. The number of alkyl halides is 3. The van der Waals surface area contributed by atoms with Crippen molar-refractivity contribution in [3.05, 3.63) is 23.5 Å². The second-order valence-electron chi connectivity index (χ2n) is 2.60. The minimum atomic E-state index is -4.64. The van der Waals surface area contributed by atoms with Gasteiger partial charge in [-0.2, -0.15) is 18.4 Å². The van der Waals surface area contributed by atoms with Crippen molar-refractivity contribution in [3.63, 3.8) is 0 Å². The lowest BCUT2D eigenvalue weighted by molar-refractivity contribution is -0.137. The number of carbonyl (C=O) groups is 1. The van der Waals surface area contributed by atoms with Crippen molar-refractivity contribution in [2.75, 3.05) is 0 Å². The molecule has 1 heterocycles. The second-order valence-corrected chi connectivity index (χ2v) is 2.60. The first-order chi connectivity index (χ1) is 7.34. The fourth-order valence-corrected chi connectivity index (χ4v) is 0.870. The van der Waals surface area contributed by atoms with Gasteiger partial charge in [0.05, 0.1) is 5.56 Å². The minimum Gasteiger partial charge on any atom is -0.407 e. The molecule has 0 bridgehead atoms. The van der Waals surface area contributed by atoms with Gasteiger partial charge in [0.25, 0.3) is 0 Å². The molecule has 16 heavy (non-hydrogen) atoms. The average Bonchev–Trinajstić information content (AvgIpc) is 2.15. The van der Waals surface area contributed by atoms with Gasteiger partial charge >= 0.3 is 12.3 Å². The molecule has 8 heteroatoms. The molecule has 0 fully saturated rings. The highest BCUT2D eigenvalue weighted by atomic mass is 19.4. The van der Waals surface area contributed by atoms with Crippen LogP contribution in [0, 0.1) is 11.3 Å². The third kappa shape index (κ3) is 2.60. The van der Waals surface area contributed by atoms with E-state index < -0.39 is 29.3 Å². The SMILES string of the molecule is N#Cc1ncc(C(F)(F)F)cc1OC(N)=O. The van der Waals surface area contributed by atoms with Crippen molar-refractivity contribution in [2.24, 2.45) is 5.73 Å². The molecule has 1 rings (SSSR count). The molecule has 84 valence electrons. The lowest BCUT2D eigenvalue weighted by Gasteiger charge is -2.08. The third-order valence-corrected chi connectivity index (χ3v) is 1.50. The molecule has 0 aliphatic rings. The van der Waals surface area contributed by atoms with E-state index in [-0.39, 0.29) is 0 Å². The molecule has 0 radical (unpaired) electrons. The normalized spacial score (nSPS) is 10.6. The number of nitrogens with zero attached hydrogens (tertiary/aromatic N) is 2. The van der Waals surface area contributed by atoms with Crippen LogP contribution in [0.1, 0.15) is 11.3 Å². The number of aromatic nitrogens is 1. The molecular formula is C8H4F3N3O2. The van der Waals surface area contributed by atoms with Crippen LogP contribution in [0.25, 0.3) is 0 Å². The number of pyridine rings is 1. The molecule has 0 atom stereocenters. The minimum absolute atomic E-state index is 0.452. The summed E-state index contributed by atoms with van der Waals surface area (Å²) in [6, 6.07) is 1.95. The molecule has 0 saturated carbocycles. The summed E-state index contributed by atoms with van der Waals surface area (Å²) in [4.78, 5) is 13.6. The highest BCUT2D eigenvalue weighted by Crippen LogP contribution is 2.31. The summed E-state index contributed by atoms with van der Waals surface area (Å²) in [5.41, 5.74) is 3.04. The number of rotatable bonds is 1. The fraction of sp³-hybridized carbons (Fsp3) is 0.125. The van der Waals surface area contributed by atoms with Crippen LogP contribution in [0.15, 0.2) is 12.3 Å². The standard InChI is InChI=1S/C8H4F3N3O2/c9-8(10,11)4-1-6(16-7(13)15)5(2-12)14-3-4/h1,3H,(H2,13,15). The Kier molecular flexibility index (Phi) is 2.99. The van der Waals surface area contributed by atoms with Crippen molar-refractivity contribution < 1.29 is 22.7 Å². The number of carbonyl (C=O) groups excluding carboxylic acids is 1. The number of nitriles is 1. The molecule has 2 N–H and O–H groups in total. The van der Waals surface area contributed by atoms with Crippen molar-refractivity contribution in [1.82, 2.24) is 4.98 Å². The van der Waals surface area contributed by atoms with Gasteiger partial charge in [-0.15, -0.1) is 0 Å². The van der Waals surface area contributed by atoms with E-state index in [1.165, 1.54) is 6.07 Å². The van der Waals surface area contributed by atoms with E-state index in [1.54, 1.807) is 0 Å². The summed E-state index contributed by atoms with van der Waals surface area (Å²) in [7, 11) is 0. The number of halogens is 3. The first-order valence-corrected chi connectivity index (χ1v) is 3.79. The van der Waals surface area contributed by atoms with Gasteiger partial charge in [0.15, 0.2) is 11.4 Å². The number of primary amides is 1. The van der Waals surface area contributed by atoms with Gasteiger partial charge in [-0.25, -0.2) is 9.78 Å². The zero-order chi connectivity index (χ0) is 12.3. The van der Waals surface area contributed by atoms with E-state index in [0.29, 0.717) is 12.3 Å². The smallest absolute Gasteiger partial charge is 0.407 e. The first kappa shape index (κ1) is 11.8. The predicted molar refractivity (Wildman–Crippen MR) is 44.2 cm³/mol. The molecule has 5 nitrogen and oxygen atoms in total. The maximum atomic E-state index is 12.2. The maximum Gasteiger partial charge on any atom is 0.418 e. The van der Waals surface area contributed by atoms with E-state index in [4.69, 9.17) is 5.26 Å². The van der Waals surface area contributed by atoms with Gasteiger partial charge in [-0.05, 0) is 6.07 Å². The van der Waals surface area contributed by atoms with Gasteiger partial charge in [0.2, 0.25) is 0 Å². The molecule has 0 aliphatic heterocycles. The van der Waals surface area contributed by atoms with Crippen LogP contribution in [-0.2, 0) is 6.18 Å². The lowest BCUT2D eigenvalue weighted by atomic mass is 10.2. The summed E-state index contributed by atoms with van der Waals surface area (Å²) >= 11 is 0. The van der Waals surface area contributed by atoms with Crippen LogP contribution >= 0.6 is 0 Å². The van der Waals surface area contributed by atoms with E-state index in [2.05, 4.69) is 15.5 Å². The third-order valence-electron chi connectivity index (χ3n) is 1.50. The monoisotopic (exact) mass is 231 g/mol. The van der Waals surface area contributed by atoms with Gasteiger partial charge < -0.3 is 10.5 Å². The molecule has 1 aromatic rings. The second kappa shape index (κ2) is 4.06. The summed E-state index contributed by atoms with van der Waals surface area (Å²) in [5.74, 6) is -0.621.